The summed E-state index contributed by atoms with van der Waals surface area (Å²) in [6, 6.07) is 15.0. The smallest absolute Gasteiger partial charge is 0.0127 e. The summed E-state index contributed by atoms with van der Waals surface area (Å²) in [4.78, 5) is 0. The van der Waals surface area contributed by atoms with E-state index in [-0.39, 0.29) is 10.8 Å². The fraction of sp³-hybridized carbons (Fsp3) is 0.300. The maximum absolute atomic E-state index is 5.79. The number of terminal acetylenes is 1. The number of fused-ring (bicyclic) bond motifs is 1. The van der Waals surface area contributed by atoms with Crippen molar-refractivity contribution < 1.29 is 0 Å². The second-order valence-electron chi connectivity index (χ2n) is 6.67. The summed E-state index contributed by atoms with van der Waals surface area (Å²) >= 11 is 0. The third kappa shape index (κ3) is 1.44. The van der Waals surface area contributed by atoms with Crippen molar-refractivity contribution >= 4 is 16.3 Å². The molecule has 0 saturated carbocycles. The van der Waals surface area contributed by atoms with Gasteiger partial charge >= 0.3 is 0 Å². The van der Waals surface area contributed by atoms with Gasteiger partial charge in [-0.2, -0.15) is 0 Å². The van der Waals surface area contributed by atoms with Crippen LogP contribution in [0.25, 0.3) is 16.3 Å². The number of benzene rings is 2. The Morgan fingerprint density at radius 2 is 1.50 bits per heavy atom. The first-order chi connectivity index (χ1) is 9.41. The van der Waals surface area contributed by atoms with Gasteiger partial charge in [-0.25, -0.2) is 0 Å². The van der Waals surface area contributed by atoms with Crippen LogP contribution >= 0.6 is 0 Å². The van der Waals surface area contributed by atoms with Gasteiger partial charge in [0.2, 0.25) is 0 Å². The Kier molecular flexibility index (Phi) is 2.60. The monoisotopic (exact) mass is 260 g/mol. The fourth-order valence-electron chi connectivity index (χ4n) is 3.35. The minimum Gasteiger partial charge on any atom is -0.115 e. The second-order valence-corrected chi connectivity index (χ2v) is 6.67. The van der Waals surface area contributed by atoms with Crippen LogP contribution in [0.3, 0.4) is 0 Å². The van der Waals surface area contributed by atoms with Gasteiger partial charge in [-0.05, 0) is 21.9 Å². The average Bonchev–Trinajstić information content (AvgIpc) is 2.43. The molecule has 2 aromatic rings. The molecule has 100 valence electrons. The van der Waals surface area contributed by atoms with Gasteiger partial charge in [-0.15, -0.1) is 6.42 Å². The van der Waals surface area contributed by atoms with Gasteiger partial charge in [0.05, 0.1) is 0 Å². The molecule has 0 heteroatoms. The van der Waals surface area contributed by atoms with Gasteiger partial charge in [0.1, 0.15) is 0 Å². The van der Waals surface area contributed by atoms with Crippen molar-refractivity contribution in [3.05, 3.63) is 53.6 Å². The Balaban J connectivity index is 2.35. The number of allylic oxidation sites excluding steroid dienone is 2. The van der Waals surface area contributed by atoms with Crippen molar-refractivity contribution in [3.63, 3.8) is 0 Å². The quantitative estimate of drug-likeness (QED) is 0.611. The Bertz CT molecular complexity index is 759. The molecule has 0 amide bonds. The maximum atomic E-state index is 5.79. The molecule has 20 heavy (non-hydrogen) atoms. The normalized spacial score (nSPS) is 19.6. The third-order valence-electron chi connectivity index (χ3n) is 5.27. The Hall–Kier alpha value is -2.00. The molecule has 3 rings (SSSR count). The van der Waals surface area contributed by atoms with Crippen LogP contribution in [0, 0.1) is 23.2 Å². The van der Waals surface area contributed by atoms with E-state index in [1.807, 2.05) is 0 Å². The van der Waals surface area contributed by atoms with Crippen molar-refractivity contribution in [2.24, 2.45) is 10.8 Å². The third-order valence-corrected chi connectivity index (χ3v) is 5.27. The highest BCUT2D eigenvalue weighted by Crippen LogP contribution is 2.63. The fourth-order valence-corrected chi connectivity index (χ4v) is 3.35. The molecule has 0 atom stereocenters. The lowest BCUT2D eigenvalue weighted by atomic mass is 9.48. The summed E-state index contributed by atoms with van der Waals surface area (Å²) < 4.78 is 0. The molecule has 0 spiro atoms. The topological polar surface area (TPSA) is 0 Å². The van der Waals surface area contributed by atoms with E-state index in [0.717, 1.165) is 5.57 Å². The molecule has 0 aromatic heterocycles. The predicted octanol–water partition coefficient (Wildman–Crippen LogP) is 5.29. The van der Waals surface area contributed by atoms with E-state index in [1.165, 1.54) is 21.9 Å². The molecule has 2 aromatic carbocycles. The van der Waals surface area contributed by atoms with E-state index in [9.17, 15) is 0 Å². The molecule has 0 saturated heterocycles. The van der Waals surface area contributed by atoms with Gasteiger partial charge in [0.25, 0.3) is 0 Å². The lowest BCUT2D eigenvalue weighted by Gasteiger charge is -2.54. The van der Waals surface area contributed by atoms with E-state index in [2.05, 4.69) is 76.1 Å². The number of hydrogen-bond donors (Lipinski definition) is 0. The minimum atomic E-state index is 0.0635. The molecule has 0 N–H and O–H groups in total. The van der Waals surface area contributed by atoms with Crippen molar-refractivity contribution in [1.82, 2.24) is 0 Å². The summed E-state index contributed by atoms with van der Waals surface area (Å²) in [7, 11) is 0. The van der Waals surface area contributed by atoms with Crippen molar-refractivity contribution in [1.29, 1.82) is 0 Å². The highest BCUT2D eigenvalue weighted by Gasteiger charge is 2.53. The van der Waals surface area contributed by atoms with Gasteiger partial charge in [0.15, 0.2) is 0 Å². The van der Waals surface area contributed by atoms with Gasteiger partial charge in [-0.3, -0.25) is 0 Å². The van der Waals surface area contributed by atoms with E-state index in [4.69, 9.17) is 6.42 Å². The van der Waals surface area contributed by atoms with Crippen LogP contribution in [-0.4, -0.2) is 0 Å². The van der Waals surface area contributed by atoms with Crippen LogP contribution in [0.2, 0.25) is 0 Å². The molecule has 1 aliphatic rings. The van der Waals surface area contributed by atoms with Gasteiger partial charge in [-0.1, -0.05) is 76.1 Å². The summed E-state index contributed by atoms with van der Waals surface area (Å²) in [6.45, 7) is 9.09. The van der Waals surface area contributed by atoms with Gasteiger partial charge < -0.3 is 0 Å². The zero-order valence-corrected chi connectivity index (χ0v) is 12.6. The largest absolute Gasteiger partial charge is 0.115 e. The molecule has 1 aliphatic carbocycles. The average molecular weight is 260 g/mol. The molecule has 0 bridgehead atoms. The molecular weight excluding hydrogens is 240 g/mol. The zero-order valence-electron chi connectivity index (χ0n) is 12.6. The molecule has 0 radical (unpaired) electrons. The lowest BCUT2D eigenvalue weighted by molar-refractivity contribution is 0.194. The van der Waals surface area contributed by atoms with Crippen molar-refractivity contribution in [2.75, 3.05) is 0 Å². The summed E-state index contributed by atoms with van der Waals surface area (Å²) in [5, 5.41) is 2.57. The molecule has 0 heterocycles. The summed E-state index contributed by atoms with van der Waals surface area (Å²) in [5.41, 5.74) is 3.94. The van der Waals surface area contributed by atoms with E-state index < -0.39 is 0 Å². The zero-order chi connectivity index (χ0) is 14.5. The van der Waals surface area contributed by atoms with Crippen LogP contribution in [-0.2, 0) is 0 Å². The van der Waals surface area contributed by atoms with Gasteiger partial charge in [0, 0.05) is 16.4 Å². The lowest BCUT2D eigenvalue weighted by Crippen LogP contribution is -2.45. The second kappa shape index (κ2) is 4.00. The Morgan fingerprint density at radius 1 is 0.850 bits per heavy atom. The van der Waals surface area contributed by atoms with E-state index in [0.29, 0.717) is 0 Å². The van der Waals surface area contributed by atoms with Crippen LogP contribution in [0.15, 0.2) is 48.0 Å². The van der Waals surface area contributed by atoms with Crippen LogP contribution in [0.1, 0.15) is 33.3 Å². The summed E-state index contributed by atoms with van der Waals surface area (Å²) in [5.74, 6) is 2.94. The Labute approximate surface area is 121 Å². The van der Waals surface area contributed by atoms with Crippen LogP contribution in [0.4, 0.5) is 0 Å². The molecule has 0 aliphatic heterocycles. The first-order valence-corrected chi connectivity index (χ1v) is 7.11. The number of hydrogen-bond acceptors (Lipinski definition) is 0. The molecule has 0 fully saturated rings. The first-order valence-electron chi connectivity index (χ1n) is 7.11. The van der Waals surface area contributed by atoms with Crippen LogP contribution < -0.4 is 0 Å². The highest BCUT2D eigenvalue weighted by molar-refractivity contribution is 5.99. The van der Waals surface area contributed by atoms with Crippen LogP contribution in [0.5, 0.6) is 0 Å². The molecule has 0 unspecified atom stereocenters. The summed E-state index contributed by atoms with van der Waals surface area (Å²) in [6.07, 6.45) is 5.79. The Morgan fingerprint density at radius 3 is 2.20 bits per heavy atom. The molecule has 0 nitrogen and oxygen atoms in total. The minimum absolute atomic E-state index is 0.0635. The highest BCUT2D eigenvalue weighted by atomic mass is 14.6. The van der Waals surface area contributed by atoms with Crippen molar-refractivity contribution in [2.45, 2.75) is 27.7 Å². The van der Waals surface area contributed by atoms with Crippen molar-refractivity contribution in [3.8, 4) is 12.3 Å². The SMILES string of the molecule is C#CC1=C(c2cccc3ccccc23)C(C)(C)C1(C)C. The maximum Gasteiger partial charge on any atom is 0.0127 e. The van der Waals surface area contributed by atoms with E-state index in [1.54, 1.807) is 0 Å². The number of rotatable bonds is 1. The van der Waals surface area contributed by atoms with E-state index >= 15 is 0 Å². The predicted molar refractivity (Wildman–Crippen MR) is 87.3 cm³/mol. The standard InChI is InChI=1S/C20H20/c1-6-17-18(20(4,5)19(17,2)3)16-13-9-11-14-10-7-8-12-15(14)16/h1,7-13H,2-5H3. The molecular formula is C20H20. The first kappa shape index (κ1) is 13.0.